The fraction of sp³-hybridized carbons (Fsp3) is 0.600. The van der Waals surface area contributed by atoms with E-state index in [2.05, 4.69) is 15.9 Å². The molecule has 2 rings (SSSR count). The van der Waals surface area contributed by atoms with Crippen LogP contribution in [0.25, 0.3) is 0 Å². The zero-order chi connectivity index (χ0) is 12.5. The molecule has 1 saturated heterocycles. The minimum Gasteiger partial charge on any atom is -0.375 e. The average Bonchev–Trinajstić information content (AvgIpc) is 2.76. The molecule has 0 N–H and O–H groups in total. The highest BCUT2D eigenvalue weighted by atomic mass is 79.9. The monoisotopic (exact) mass is 339 g/mol. The maximum atomic E-state index is 12.3. The summed E-state index contributed by atoms with van der Waals surface area (Å²) >= 11 is 4.64. The van der Waals surface area contributed by atoms with Gasteiger partial charge in [0.05, 0.1) is 12.7 Å². The lowest BCUT2D eigenvalue weighted by Crippen LogP contribution is -2.45. The van der Waals surface area contributed by atoms with Gasteiger partial charge in [-0.15, -0.1) is 11.3 Å². The lowest BCUT2D eigenvalue weighted by molar-refractivity contribution is 0.0137. The van der Waals surface area contributed by atoms with Crippen molar-refractivity contribution < 1.29 is 13.2 Å². The highest BCUT2D eigenvalue weighted by Gasteiger charge is 2.31. The first kappa shape index (κ1) is 13.5. The van der Waals surface area contributed by atoms with Crippen LogP contribution in [-0.2, 0) is 14.8 Å². The second-order valence-electron chi connectivity index (χ2n) is 3.88. The molecule has 0 aliphatic carbocycles. The fourth-order valence-electron chi connectivity index (χ4n) is 1.68. The summed E-state index contributed by atoms with van der Waals surface area (Å²) in [5.74, 6) is 0. The van der Waals surface area contributed by atoms with E-state index in [0.717, 1.165) is 4.88 Å². The maximum absolute atomic E-state index is 12.3. The Morgan fingerprint density at radius 1 is 1.59 bits per heavy atom. The molecule has 7 heteroatoms. The first-order valence-electron chi connectivity index (χ1n) is 5.28. The zero-order valence-corrected chi connectivity index (χ0v) is 12.6. The summed E-state index contributed by atoms with van der Waals surface area (Å²) in [6, 6.07) is 3.51. The number of rotatable bonds is 3. The Hall–Kier alpha value is 0.0500. The molecule has 1 aromatic heterocycles. The van der Waals surface area contributed by atoms with Crippen LogP contribution in [0.2, 0.25) is 0 Å². The van der Waals surface area contributed by atoms with Crippen LogP contribution in [-0.4, -0.2) is 43.9 Å². The number of morpholine rings is 1. The van der Waals surface area contributed by atoms with Gasteiger partial charge in [-0.3, -0.25) is 0 Å². The van der Waals surface area contributed by atoms with Crippen molar-refractivity contribution in [2.75, 3.05) is 25.0 Å². The normalized spacial score (nSPS) is 22.8. The number of alkyl halides is 1. The predicted octanol–water partition coefficient (Wildman–Crippen LogP) is 1.84. The molecule has 1 atom stereocenters. The van der Waals surface area contributed by atoms with Gasteiger partial charge in [-0.05, 0) is 19.1 Å². The van der Waals surface area contributed by atoms with E-state index >= 15 is 0 Å². The van der Waals surface area contributed by atoms with Crippen LogP contribution in [0.4, 0.5) is 0 Å². The molecule has 0 saturated carbocycles. The van der Waals surface area contributed by atoms with Crippen LogP contribution in [0, 0.1) is 6.92 Å². The largest absolute Gasteiger partial charge is 0.375 e. The summed E-state index contributed by atoms with van der Waals surface area (Å²) < 4.78 is 32.0. The molecule has 2 heterocycles. The first-order valence-corrected chi connectivity index (χ1v) is 8.66. The Morgan fingerprint density at radius 3 is 2.94 bits per heavy atom. The van der Waals surface area contributed by atoms with E-state index < -0.39 is 10.0 Å². The first-order chi connectivity index (χ1) is 8.04. The molecule has 0 spiro atoms. The lowest BCUT2D eigenvalue weighted by Gasteiger charge is -2.30. The Kier molecular flexibility index (Phi) is 4.25. The molecule has 4 nitrogen and oxygen atoms in total. The van der Waals surface area contributed by atoms with E-state index in [9.17, 15) is 8.42 Å². The summed E-state index contributed by atoms with van der Waals surface area (Å²) in [6.07, 6.45) is -0.0559. The minimum atomic E-state index is -3.33. The number of sulfonamides is 1. The highest BCUT2D eigenvalue weighted by Crippen LogP contribution is 2.25. The second kappa shape index (κ2) is 5.36. The number of halogens is 1. The van der Waals surface area contributed by atoms with Crippen LogP contribution in [0.15, 0.2) is 16.3 Å². The molecule has 0 bridgehead atoms. The van der Waals surface area contributed by atoms with Gasteiger partial charge in [0.25, 0.3) is 10.0 Å². The van der Waals surface area contributed by atoms with E-state index in [1.807, 2.05) is 13.0 Å². The summed E-state index contributed by atoms with van der Waals surface area (Å²) in [4.78, 5) is 1.01. The van der Waals surface area contributed by atoms with Crippen molar-refractivity contribution in [2.45, 2.75) is 17.2 Å². The van der Waals surface area contributed by atoms with Crippen LogP contribution in [0.1, 0.15) is 4.88 Å². The van der Waals surface area contributed by atoms with Gasteiger partial charge in [-0.1, -0.05) is 15.9 Å². The molecule has 0 radical (unpaired) electrons. The van der Waals surface area contributed by atoms with Crippen molar-refractivity contribution in [3.63, 3.8) is 0 Å². The van der Waals surface area contributed by atoms with E-state index in [0.29, 0.717) is 29.2 Å². The van der Waals surface area contributed by atoms with Crippen LogP contribution in [0.5, 0.6) is 0 Å². The number of aryl methyl sites for hydroxylation is 1. The topological polar surface area (TPSA) is 46.6 Å². The Labute approximate surface area is 114 Å². The number of nitrogens with zero attached hydrogens (tertiary/aromatic N) is 1. The third-order valence-electron chi connectivity index (χ3n) is 2.58. The van der Waals surface area contributed by atoms with Crippen molar-refractivity contribution in [2.24, 2.45) is 0 Å². The van der Waals surface area contributed by atoms with Gasteiger partial charge < -0.3 is 4.74 Å². The number of hydrogen-bond donors (Lipinski definition) is 0. The summed E-state index contributed by atoms with van der Waals surface area (Å²) in [7, 11) is -3.33. The zero-order valence-electron chi connectivity index (χ0n) is 9.43. The van der Waals surface area contributed by atoms with Crippen molar-refractivity contribution in [3.05, 3.63) is 17.0 Å². The Balaban J connectivity index is 2.21. The van der Waals surface area contributed by atoms with Gasteiger partial charge in [-0.2, -0.15) is 4.31 Å². The molecular formula is C10H14BrNO3S2. The second-order valence-corrected chi connectivity index (χ2v) is 7.98. The Morgan fingerprint density at radius 2 is 2.35 bits per heavy atom. The number of hydrogen-bond acceptors (Lipinski definition) is 4. The summed E-state index contributed by atoms with van der Waals surface area (Å²) in [5.41, 5.74) is 0. The smallest absolute Gasteiger partial charge is 0.252 e. The van der Waals surface area contributed by atoms with Gasteiger partial charge in [0, 0.05) is 23.3 Å². The molecule has 96 valence electrons. The number of thiophene rings is 1. The molecule has 1 unspecified atom stereocenters. The van der Waals surface area contributed by atoms with Gasteiger partial charge in [0.1, 0.15) is 4.21 Å². The molecule has 1 fully saturated rings. The molecule has 1 aromatic rings. The van der Waals surface area contributed by atoms with Gasteiger partial charge >= 0.3 is 0 Å². The quantitative estimate of drug-likeness (QED) is 0.789. The maximum Gasteiger partial charge on any atom is 0.252 e. The van der Waals surface area contributed by atoms with E-state index in [4.69, 9.17) is 4.74 Å². The van der Waals surface area contributed by atoms with Crippen molar-refractivity contribution in [3.8, 4) is 0 Å². The molecular weight excluding hydrogens is 326 g/mol. The van der Waals surface area contributed by atoms with E-state index in [1.165, 1.54) is 15.6 Å². The SMILES string of the molecule is Cc1ccc(S(=O)(=O)N2CCOC(CBr)C2)s1. The highest BCUT2D eigenvalue weighted by molar-refractivity contribution is 9.09. The lowest BCUT2D eigenvalue weighted by atomic mass is 10.3. The average molecular weight is 340 g/mol. The molecule has 1 aliphatic rings. The standard InChI is InChI=1S/C10H14BrNO3S2/c1-8-2-3-10(16-8)17(13,14)12-4-5-15-9(6-11)7-12/h2-3,9H,4-7H2,1H3. The molecule has 17 heavy (non-hydrogen) atoms. The van der Waals surface area contributed by atoms with Gasteiger partial charge in [-0.25, -0.2) is 8.42 Å². The third-order valence-corrected chi connectivity index (χ3v) is 6.64. The summed E-state index contributed by atoms with van der Waals surface area (Å²) in [5, 5.41) is 0.655. The van der Waals surface area contributed by atoms with Crippen LogP contribution >= 0.6 is 27.3 Å². The Bertz CT molecular complexity index is 485. The summed E-state index contributed by atoms with van der Waals surface area (Å²) in [6.45, 7) is 3.22. The fourth-order valence-corrected chi connectivity index (χ4v) is 4.97. The van der Waals surface area contributed by atoms with Crippen molar-refractivity contribution in [1.82, 2.24) is 4.31 Å². The van der Waals surface area contributed by atoms with Crippen molar-refractivity contribution >= 4 is 37.3 Å². The molecule has 0 amide bonds. The third kappa shape index (κ3) is 2.90. The predicted molar refractivity (Wildman–Crippen MR) is 71.3 cm³/mol. The van der Waals surface area contributed by atoms with Gasteiger partial charge in [0.2, 0.25) is 0 Å². The van der Waals surface area contributed by atoms with Crippen molar-refractivity contribution in [1.29, 1.82) is 0 Å². The van der Waals surface area contributed by atoms with E-state index in [1.54, 1.807) is 6.07 Å². The molecule has 0 aromatic carbocycles. The number of ether oxygens (including phenoxy) is 1. The molecule has 1 aliphatic heterocycles. The van der Waals surface area contributed by atoms with Crippen LogP contribution < -0.4 is 0 Å². The minimum absolute atomic E-state index is 0.0559. The van der Waals surface area contributed by atoms with Gasteiger partial charge in [0.15, 0.2) is 0 Å². The van der Waals surface area contributed by atoms with E-state index in [-0.39, 0.29) is 6.10 Å². The van der Waals surface area contributed by atoms with Crippen LogP contribution in [0.3, 0.4) is 0 Å².